The first kappa shape index (κ1) is 25.2. The summed E-state index contributed by atoms with van der Waals surface area (Å²) in [5, 5.41) is 10.4. The Bertz CT molecular complexity index is 627. The van der Waals surface area contributed by atoms with E-state index in [0.717, 1.165) is 36.0 Å². The normalized spacial score (nSPS) is 19.9. The molecule has 0 amide bonds. The molecule has 5 heteroatoms. The Kier molecular flexibility index (Phi) is 11.0. The number of aliphatic hydroxyl groups is 1. The molecule has 0 radical (unpaired) electrons. The summed E-state index contributed by atoms with van der Waals surface area (Å²) in [5.74, 6) is -0.0262. The van der Waals surface area contributed by atoms with Gasteiger partial charge in [0.15, 0.2) is 0 Å². The zero-order chi connectivity index (χ0) is 22.0. The molecule has 0 saturated carbocycles. The number of hydrogen-bond donors (Lipinski definition) is 1. The lowest BCUT2D eigenvalue weighted by atomic mass is 9.82. The summed E-state index contributed by atoms with van der Waals surface area (Å²) in [6.45, 7) is 14.2. The van der Waals surface area contributed by atoms with E-state index in [9.17, 15) is 14.7 Å². The Labute approximate surface area is 175 Å². The van der Waals surface area contributed by atoms with Crippen molar-refractivity contribution in [2.45, 2.75) is 72.8 Å². The van der Waals surface area contributed by atoms with Crippen molar-refractivity contribution in [2.75, 3.05) is 13.2 Å². The predicted octanol–water partition coefficient (Wildman–Crippen LogP) is 4.75. The molecule has 0 aromatic heterocycles. The maximum atomic E-state index is 11.7. The monoisotopic (exact) mass is 406 g/mol. The summed E-state index contributed by atoms with van der Waals surface area (Å²) in [6.07, 6.45) is 6.95. The number of hydrogen-bond acceptors (Lipinski definition) is 5. The van der Waals surface area contributed by atoms with E-state index in [1.54, 1.807) is 0 Å². The van der Waals surface area contributed by atoms with Crippen LogP contribution in [0.15, 0.2) is 35.5 Å². The number of carbonyl (C=O) groups excluding carboxylic acids is 2. The molecule has 1 aliphatic carbocycles. The van der Waals surface area contributed by atoms with E-state index in [1.807, 2.05) is 40.7 Å². The fraction of sp³-hybridized carbons (Fsp3) is 0.667. The SMILES string of the molecule is C=C(CC/C=C(\C)COC(=O)C(C)C)C1CC=C(COC(=O)CC(C)C)C(O)C1. The molecule has 0 aromatic rings. The summed E-state index contributed by atoms with van der Waals surface area (Å²) in [4.78, 5) is 23.2. The van der Waals surface area contributed by atoms with Crippen molar-refractivity contribution in [1.29, 1.82) is 0 Å². The summed E-state index contributed by atoms with van der Waals surface area (Å²) in [5.41, 5.74) is 2.93. The van der Waals surface area contributed by atoms with Crippen LogP contribution in [0, 0.1) is 17.8 Å². The van der Waals surface area contributed by atoms with E-state index in [4.69, 9.17) is 9.47 Å². The third kappa shape index (κ3) is 9.93. The van der Waals surface area contributed by atoms with Gasteiger partial charge in [-0.05, 0) is 55.6 Å². The molecule has 0 bridgehead atoms. The molecule has 0 fully saturated rings. The van der Waals surface area contributed by atoms with E-state index in [2.05, 4.69) is 12.7 Å². The van der Waals surface area contributed by atoms with Gasteiger partial charge in [0.05, 0.1) is 12.0 Å². The van der Waals surface area contributed by atoms with E-state index in [-0.39, 0.29) is 36.3 Å². The molecule has 2 unspecified atom stereocenters. The summed E-state index contributed by atoms with van der Waals surface area (Å²) in [6, 6.07) is 0. The minimum atomic E-state index is -0.593. The van der Waals surface area contributed by atoms with Gasteiger partial charge >= 0.3 is 11.9 Å². The third-order valence-corrected chi connectivity index (χ3v) is 5.02. The minimum Gasteiger partial charge on any atom is -0.461 e. The second-order valence-corrected chi connectivity index (χ2v) is 8.73. The van der Waals surface area contributed by atoms with Crippen LogP contribution in [0.4, 0.5) is 0 Å². The van der Waals surface area contributed by atoms with Gasteiger partial charge in [0, 0.05) is 6.42 Å². The van der Waals surface area contributed by atoms with Gasteiger partial charge in [-0.1, -0.05) is 52.0 Å². The zero-order valence-electron chi connectivity index (χ0n) is 18.7. The lowest BCUT2D eigenvalue weighted by Gasteiger charge is -2.28. The molecule has 164 valence electrons. The number of ether oxygens (including phenoxy) is 2. The first-order valence-corrected chi connectivity index (χ1v) is 10.6. The topological polar surface area (TPSA) is 72.8 Å². The minimum absolute atomic E-state index is 0.114. The maximum Gasteiger partial charge on any atom is 0.308 e. The lowest BCUT2D eigenvalue weighted by Crippen LogP contribution is -2.25. The maximum absolute atomic E-state index is 11.7. The molecule has 0 aliphatic heterocycles. The molecule has 2 atom stereocenters. The first-order valence-electron chi connectivity index (χ1n) is 10.6. The van der Waals surface area contributed by atoms with Crippen LogP contribution >= 0.6 is 0 Å². The molecular weight excluding hydrogens is 368 g/mol. The van der Waals surface area contributed by atoms with E-state index in [1.165, 1.54) is 0 Å². The van der Waals surface area contributed by atoms with Gasteiger partial charge in [-0.3, -0.25) is 9.59 Å². The quantitative estimate of drug-likeness (QED) is 0.396. The van der Waals surface area contributed by atoms with Crippen molar-refractivity contribution in [3.05, 3.63) is 35.5 Å². The van der Waals surface area contributed by atoms with Crippen molar-refractivity contribution in [1.82, 2.24) is 0 Å². The largest absolute Gasteiger partial charge is 0.461 e. The molecular formula is C24H38O5. The number of allylic oxidation sites excluding steroid dienone is 3. The Morgan fingerprint density at radius 3 is 2.55 bits per heavy atom. The lowest BCUT2D eigenvalue weighted by molar-refractivity contribution is -0.146. The molecule has 1 rings (SSSR count). The van der Waals surface area contributed by atoms with Crippen LogP contribution in [0.5, 0.6) is 0 Å². The second-order valence-electron chi connectivity index (χ2n) is 8.73. The van der Waals surface area contributed by atoms with Gasteiger partial charge in [0.1, 0.15) is 13.2 Å². The van der Waals surface area contributed by atoms with Crippen LogP contribution in [0.1, 0.15) is 66.7 Å². The standard InChI is InChI=1S/C24H38O5/c1-16(2)12-23(26)28-15-21-11-10-20(13-22(21)25)19(6)9-7-8-18(5)14-29-24(27)17(3)4/h8,11,16-17,20,22,25H,6-7,9-10,12-15H2,1-5H3/b18-8+. The highest BCUT2D eigenvalue weighted by Gasteiger charge is 2.24. The number of rotatable bonds is 11. The van der Waals surface area contributed by atoms with Gasteiger partial charge < -0.3 is 14.6 Å². The van der Waals surface area contributed by atoms with Gasteiger partial charge in [0.25, 0.3) is 0 Å². The highest BCUT2D eigenvalue weighted by molar-refractivity contribution is 5.71. The van der Waals surface area contributed by atoms with Crippen LogP contribution in [0.3, 0.4) is 0 Å². The first-order chi connectivity index (χ1) is 13.6. The zero-order valence-corrected chi connectivity index (χ0v) is 18.7. The fourth-order valence-corrected chi connectivity index (χ4v) is 3.11. The summed E-state index contributed by atoms with van der Waals surface area (Å²) in [7, 11) is 0. The highest BCUT2D eigenvalue weighted by atomic mass is 16.5. The molecule has 29 heavy (non-hydrogen) atoms. The van der Waals surface area contributed by atoms with E-state index < -0.39 is 6.10 Å². The van der Waals surface area contributed by atoms with Crippen LogP contribution in [0.25, 0.3) is 0 Å². The second kappa shape index (κ2) is 12.6. The van der Waals surface area contributed by atoms with Crippen molar-refractivity contribution >= 4 is 11.9 Å². The summed E-state index contributed by atoms with van der Waals surface area (Å²) >= 11 is 0. The smallest absolute Gasteiger partial charge is 0.308 e. The molecule has 1 aliphatic rings. The number of aliphatic hydroxyl groups excluding tert-OH is 1. The number of carbonyl (C=O) groups is 2. The van der Waals surface area contributed by atoms with Gasteiger partial charge in [-0.2, -0.15) is 0 Å². The molecule has 1 N–H and O–H groups in total. The predicted molar refractivity (Wildman–Crippen MR) is 115 cm³/mol. The van der Waals surface area contributed by atoms with Crippen LogP contribution in [-0.4, -0.2) is 36.4 Å². The molecule has 0 spiro atoms. The van der Waals surface area contributed by atoms with Crippen molar-refractivity contribution in [3.8, 4) is 0 Å². The fourth-order valence-electron chi connectivity index (χ4n) is 3.11. The third-order valence-electron chi connectivity index (χ3n) is 5.02. The number of esters is 2. The molecule has 0 heterocycles. The summed E-state index contributed by atoms with van der Waals surface area (Å²) < 4.78 is 10.5. The molecule has 5 nitrogen and oxygen atoms in total. The highest BCUT2D eigenvalue weighted by Crippen LogP contribution is 2.31. The Hall–Kier alpha value is -1.88. The Morgan fingerprint density at radius 1 is 1.28 bits per heavy atom. The Morgan fingerprint density at radius 2 is 1.97 bits per heavy atom. The van der Waals surface area contributed by atoms with Gasteiger partial charge in [-0.25, -0.2) is 0 Å². The van der Waals surface area contributed by atoms with E-state index >= 15 is 0 Å². The van der Waals surface area contributed by atoms with Gasteiger partial charge in [0.2, 0.25) is 0 Å². The van der Waals surface area contributed by atoms with Crippen LogP contribution in [0.2, 0.25) is 0 Å². The Balaban J connectivity index is 2.39. The average molecular weight is 407 g/mol. The molecule has 0 saturated heterocycles. The average Bonchev–Trinajstić information content (AvgIpc) is 2.64. The van der Waals surface area contributed by atoms with Crippen LogP contribution in [-0.2, 0) is 19.1 Å². The van der Waals surface area contributed by atoms with Gasteiger partial charge in [-0.15, -0.1) is 0 Å². The van der Waals surface area contributed by atoms with Crippen molar-refractivity contribution in [2.24, 2.45) is 17.8 Å². The van der Waals surface area contributed by atoms with Crippen LogP contribution < -0.4 is 0 Å². The van der Waals surface area contributed by atoms with Crippen molar-refractivity contribution < 1.29 is 24.2 Å². The van der Waals surface area contributed by atoms with E-state index in [0.29, 0.717) is 19.4 Å². The molecule has 0 aromatic carbocycles. The van der Waals surface area contributed by atoms with Crippen molar-refractivity contribution in [3.63, 3.8) is 0 Å².